The van der Waals surface area contributed by atoms with Crippen molar-refractivity contribution in [2.45, 2.75) is 6.18 Å². The average molecular weight is 349 g/mol. The van der Waals surface area contributed by atoms with E-state index in [9.17, 15) is 17.6 Å². The average Bonchev–Trinajstić information content (AvgIpc) is 2.40. The molecular weight excluding hydrogens is 340 g/mol. The van der Waals surface area contributed by atoms with Crippen molar-refractivity contribution in [2.24, 2.45) is 0 Å². The molecular formula is C14H9BrF4O. The fourth-order valence-corrected chi connectivity index (χ4v) is 2.20. The Hall–Kier alpha value is -1.56. The highest BCUT2D eigenvalue weighted by atomic mass is 79.9. The first-order valence-corrected chi connectivity index (χ1v) is 6.33. The Morgan fingerprint density at radius 2 is 1.65 bits per heavy atom. The molecule has 0 saturated carbocycles. The van der Waals surface area contributed by atoms with Crippen LogP contribution in [0.15, 0.2) is 40.9 Å². The summed E-state index contributed by atoms with van der Waals surface area (Å²) in [5.41, 5.74) is -0.260. The van der Waals surface area contributed by atoms with Gasteiger partial charge in [0.25, 0.3) is 0 Å². The second-order valence-electron chi connectivity index (χ2n) is 4.04. The molecule has 1 nitrogen and oxygen atoms in total. The molecule has 0 radical (unpaired) electrons. The van der Waals surface area contributed by atoms with Crippen LogP contribution in [-0.2, 0) is 6.18 Å². The molecule has 0 unspecified atom stereocenters. The number of ether oxygens (including phenoxy) is 1. The lowest BCUT2D eigenvalue weighted by Crippen LogP contribution is -2.04. The van der Waals surface area contributed by atoms with E-state index < -0.39 is 17.6 Å². The van der Waals surface area contributed by atoms with Crippen molar-refractivity contribution in [1.29, 1.82) is 0 Å². The van der Waals surface area contributed by atoms with Gasteiger partial charge in [-0.25, -0.2) is 4.39 Å². The molecule has 0 heterocycles. The van der Waals surface area contributed by atoms with Crippen LogP contribution in [0.25, 0.3) is 11.1 Å². The first-order valence-electron chi connectivity index (χ1n) is 5.53. The lowest BCUT2D eigenvalue weighted by Gasteiger charge is -2.11. The third-order valence-electron chi connectivity index (χ3n) is 2.75. The molecule has 0 aliphatic carbocycles. The zero-order valence-corrected chi connectivity index (χ0v) is 11.8. The first-order chi connectivity index (χ1) is 9.32. The first kappa shape index (κ1) is 14.8. The topological polar surface area (TPSA) is 9.23 Å². The summed E-state index contributed by atoms with van der Waals surface area (Å²) in [6.07, 6.45) is -4.41. The molecule has 0 aliphatic heterocycles. The van der Waals surface area contributed by atoms with Crippen LogP contribution in [0.5, 0.6) is 5.75 Å². The van der Waals surface area contributed by atoms with E-state index in [0.717, 1.165) is 12.1 Å². The molecule has 0 amide bonds. The van der Waals surface area contributed by atoms with Gasteiger partial charge in [-0.15, -0.1) is 0 Å². The highest BCUT2D eigenvalue weighted by molar-refractivity contribution is 9.10. The summed E-state index contributed by atoms with van der Waals surface area (Å²) in [4.78, 5) is 0. The number of benzene rings is 2. The monoisotopic (exact) mass is 348 g/mol. The van der Waals surface area contributed by atoms with E-state index in [1.807, 2.05) is 0 Å². The fraction of sp³-hybridized carbons (Fsp3) is 0.143. The summed E-state index contributed by atoms with van der Waals surface area (Å²) in [7, 11) is 1.32. The van der Waals surface area contributed by atoms with E-state index in [-0.39, 0.29) is 11.3 Å². The Morgan fingerprint density at radius 1 is 1.05 bits per heavy atom. The lowest BCUT2D eigenvalue weighted by molar-refractivity contribution is -0.137. The Kier molecular flexibility index (Phi) is 4.04. The smallest absolute Gasteiger partial charge is 0.416 e. The van der Waals surface area contributed by atoms with Gasteiger partial charge in [-0.2, -0.15) is 13.2 Å². The highest BCUT2D eigenvalue weighted by Gasteiger charge is 2.30. The van der Waals surface area contributed by atoms with Crippen LogP contribution in [0, 0.1) is 5.82 Å². The lowest BCUT2D eigenvalue weighted by atomic mass is 10.0. The normalized spacial score (nSPS) is 11.5. The number of methoxy groups -OCH3 is 1. The predicted octanol–water partition coefficient (Wildman–Crippen LogP) is 5.28. The van der Waals surface area contributed by atoms with E-state index in [1.165, 1.54) is 31.4 Å². The van der Waals surface area contributed by atoms with E-state index in [1.54, 1.807) is 0 Å². The van der Waals surface area contributed by atoms with Crippen molar-refractivity contribution >= 4 is 15.9 Å². The van der Waals surface area contributed by atoms with E-state index in [4.69, 9.17) is 4.74 Å². The van der Waals surface area contributed by atoms with Crippen LogP contribution < -0.4 is 4.74 Å². The minimum absolute atomic E-state index is 0.0225. The minimum Gasteiger partial charge on any atom is -0.494 e. The SMILES string of the molecule is COc1cc(Br)cc(-c2ccc(C(F)(F)F)cc2)c1F. The van der Waals surface area contributed by atoms with Gasteiger partial charge in [0, 0.05) is 10.0 Å². The molecule has 2 aromatic carbocycles. The largest absolute Gasteiger partial charge is 0.494 e. The Balaban J connectivity index is 2.49. The summed E-state index contributed by atoms with van der Waals surface area (Å²) in [6, 6.07) is 7.23. The van der Waals surface area contributed by atoms with Gasteiger partial charge in [-0.05, 0) is 29.8 Å². The Morgan fingerprint density at radius 3 is 2.15 bits per heavy atom. The quantitative estimate of drug-likeness (QED) is 0.670. The standard InChI is InChI=1S/C14H9BrF4O/c1-20-12-7-10(15)6-11(13(12)16)8-2-4-9(5-3-8)14(17,18)19/h2-7H,1H3. The van der Waals surface area contributed by atoms with Gasteiger partial charge in [0.15, 0.2) is 11.6 Å². The summed E-state index contributed by atoms with van der Waals surface area (Å²) < 4.78 is 57.0. The minimum atomic E-state index is -4.41. The van der Waals surface area contributed by atoms with Crippen molar-refractivity contribution in [1.82, 2.24) is 0 Å². The van der Waals surface area contributed by atoms with Crippen molar-refractivity contribution in [2.75, 3.05) is 7.11 Å². The maximum atomic E-state index is 14.1. The molecule has 2 aromatic rings. The number of rotatable bonds is 2. The van der Waals surface area contributed by atoms with Crippen LogP contribution in [0.2, 0.25) is 0 Å². The number of hydrogen-bond acceptors (Lipinski definition) is 1. The summed E-state index contributed by atoms with van der Waals surface area (Å²) in [6.45, 7) is 0. The van der Waals surface area contributed by atoms with Crippen LogP contribution in [-0.4, -0.2) is 7.11 Å². The molecule has 0 bridgehead atoms. The van der Waals surface area contributed by atoms with Gasteiger partial charge in [0.1, 0.15) is 0 Å². The highest BCUT2D eigenvalue weighted by Crippen LogP contribution is 2.35. The molecule has 20 heavy (non-hydrogen) atoms. The molecule has 0 spiro atoms. The van der Waals surface area contributed by atoms with Gasteiger partial charge in [0.05, 0.1) is 12.7 Å². The van der Waals surface area contributed by atoms with Crippen molar-refractivity contribution < 1.29 is 22.3 Å². The fourth-order valence-electron chi connectivity index (χ4n) is 1.76. The molecule has 0 aromatic heterocycles. The van der Waals surface area contributed by atoms with E-state index >= 15 is 0 Å². The Labute approximate surface area is 121 Å². The van der Waals surface area contributed by atoms with Crippen LogP contribution in [0.4, 0.5) is 17.6 Å². The second-order valence-corrected chi connectivity index (χ2v) is 4.96. The predicted molar refractivity (Wildman–Crippen MR) is 71.1 cm³/mol. The maximum absolute atomic E-state index is 14.1. The Bertz CT molecular complexity index is 620. The van der Waals surface area contributed by atoms with Crippen LogP contribution >= 0.6 is 15.9 Å². The molecule has 0 atom stereocenters. The number of halogens is 5. The second kappa shape index (κ2) is 5.44. The van der Waals surface area contributed by atoms with Crippen molar-refractivity contribution in [3.63, 3.8) is 0 Å². The van der Waals surface area contributed by atoms with Gasteiger partial charge in [-0.1, -0.05) is 28.1 Å². The van der Waals surface area contributed by atoms with Crippen molar-refractivity contribution in [3.05, 3.63) is 52.3 Å². The number of alkyl halides is 3. The third kappa shape index (κ3) is 2.95. The molecule has 0 aliphatic rings. The zero-order valence-electron chi connectivity index (χ0n) is 10.3. The maximum Gasteiger partial charge on any atom is 0.416 e. The number of hydrogen-bond donors (Lipinski definition) is 0. The zero-order chi connectivity index (χ0) is 14.9. The van der Waals surface area contributed by atoms with Crippen LogP contribution in [0.3, 0.4) is 0 Å². The van der Waals surface area contributed by atoms with Crippen molar-refractivity contribution in [3.8, 4) is 16.9 Å². The van der Waals surface area contributed by atoms with Gasteiger partial charge in [-0.3, -0.25) is 0 Å². The van der Waals surface area contributed by atoms with E-state index in [2.05, 4.69) is 15.9 Å². The third-order valence-corrected chi connectivity index (χ3v) is 3.20. The molecule has 106 valence electrons. The van der Waals surface area contributed by atoms with Gasteiger partial charge < -0.3 is 4.74 Å². The van der Waals surface area contributed by atoms with Gasteiger partial charge in [0.2, 0.25) is 0 Å². The van der Waals surface area contributed by atoms with Gasteiger partial charge >= 0.3 is 6.18 Å². The van der Waals surface area contributed by atoms with Crippen LogP contribution in [0.1, 0.15) is 5.56 Å². The molecule has 6 heteroatoms. The molecule has 0 fully saturated rings. The van der Waals surface area contributed by atoms with E-state index in [0.29, 0.717) is 10.0 Å². The summed E-state index contributed by atoms with van der Waals surface area (Å²) >= 11 is 3.20. The molecule has 2 rings (SSSR count). The molecule has 0 N–H and O–H groups in total. The molecule has 0 saturated heterocycles. The summed E-state index contributed by atoms with van der Waals surface area (Å²) in [5.74, 6) is -0.593. The summed E-state index contributed by atoms with van der Waals surface area (Å²) in [5, 5.41) is 0.